The van der Waals surface area contributed by atoms with E-state index in [0.29, 0.717) is 0 Å². The zero-order valence-electron chi connectivity index (χ0n) is 6.18. The van der Waals surface area contributed by atoms with Crippen LogP contribution in [-0.2, 0) is 0 Å². The number of carbonyl (C=O) groups is 1. The highest BCUT2D eigenvalue weighted by molar-refractivity contribution is 9.10. The zero-order chi connectivity index (χ0) is 10.0. The number of primary amides is 1. The number of rotatable bonds is 1. The maximum Gasteiger partial charge on any atom is 0.410 e. The van der Waals surface area contributed by atoms with Gasteiger partial charge < -0.3 is 10.5 Å². The highest BCUT2D eigenvalue weighted by Crippen LogP contribution is 2.33. The van der Waals surface area contributed by atoms with E-state index < -0.39 is 11.9 Å². The third-order valence-corrected chi connectivity index (χ3v) is 2.04. The third kappa shape index (κ3) is 2.57. The number of halogens is 3. The van der Waals surface area contributed by atoms with Crippen LogP contribution in [0.3, 0.4) is 0 Å². The Hall–Kier alpha value is -0.810. The molecule has 0 unspecified atom stereocenters. The normalized spacial score (nSPS) is 9.77. The van der Waals surface area contributed by atoms with Crippen molar-refractivity contribution in [1.82, 2.24) is 0 Å². The van der Waals surface area contributed by atoms with E-state index in [-0.39, 0.29) is 15.2 Å². The van der Waals surface area contributed by atoms with Crippen molar-refractivity contribution in [2.75, 3.05) is 0 Å². The van der Waals surface area contributed by atoms with Gasteiger partial charge in [0.1, 0.15) is 5.82 Å². The molecule has 70 valence electrons. The van der Waals surface area contributed by atoms with Gasteiger partial charge >= 0.3 is 6.09 Å². The summed E-state index contributed by atoms with van der Waals surface area (Å²) < 4.78 is 17.4. The molecular formula is C7H4BrClFNO2. The second kappa shape index (κ2) is 3.93. The van der Waals surface area contributed by atoms with Crippen LogP contribution >= 0.6 is 27.5 Å². The quantitative estimate of drug-likeness (QED) is 0.851. The van der Waals surface area contributed by atoms with Crippen LogP contribution < -0.4 is 10.5 Å². The van der Waals surface area contributed by atoms with E-state index in [0.717, 1.165) is 12.1 Å². The van der Waals surface area contributed by atoms with Crippen LogP contribution in [0.1, 0.15) is 0 Å². The first kappa shape index (κ1) is 10.3. The summed E-state index contributed by atoms with van der Waals surface area (Å²) in [5.41, 5.74) is 4.77. The van der Waals surface area contributed by atoms with Crippen molar-refractivity contribution < 1.29 is 13.9 Å². The number of ether oxygens (including phenoxy) is 1. The van der Waals surface area contributed by atoms with Gasteiger partial charge in [0.05, 0.1) is 9.50 Å². The van der Waals surface area contributed by atoms with Gasteiger partial charge in [-0.3, -0.25) is 0 Å². The second-order valence-corrected chi connectivity index (χ2v) is 3.38. The standard InChI is InChI=1S/C7H4BrClFNO2/c8-4-1-3(10)2-5(9)6(4)13-7(11)12/h1-2H,(H2,11,12). The van der Waals surface area contributed by atoms with Crippen LogP contribution in [0.5, 0.6) is 5.75 Å². The minimum absolute atomic E-state index is 0.00978. The predicted molar refractivity (Wildman–Crippen MR) is 49.3 cm³/mol. The van der Waals surface area contributed by atoms with Crippen molar-refractivity contribution in [3.63, 3.8) is 0 Å². The first-order chi connectivity index (χ1) is 6.00. The average molecular weight is 268 g/mol. The molecule has 2 N–H and O–H groups in total. The van der Waals surface area contributed by atoms with Gasteiger partial charge in [-0.2, -0.15) is 0 Å². The summed E-state index contributed by atoms with van der Waals surface area (Å²) in [4.78, 5) is 10.4. The molecule has 1 aromatic rings. The molecule has 1 rings (SSSR count). The number of hydrogen-bond donors (Lipinski definition) is 1. The van der Waals surface area contributed by atoms with Gasteiger partial charge in [0.25, 0.3) is 0 Å². The van der Waals surface area contributed by atoms with Gasteiger partial charge in [0.2, 0.25) is 0 Å². The minimum atomic E-state index is -1.01. The highest BCUT2D eigenvalue weighted by Gasteiger charge is 2.11. The lowest BCUT2D eigenvalue weighted by Crippen LogP contribution is -2.16. The largest absolute Gasteiger partial charge is 0.410 e. The molecule has 3 nitrogen and oxygen atoms in total. The molecule has 0 spiro atoms. The first-order valence-electron chi connectivity index (χ1n) is 3.12. The Kier molecular flexibility index (Phi) is 3.11. The van der Waals surface area contributed by atoms with E-state index >= 15 is 0 Å². The number of hydrogen-bond acceptors (Lipinski definition) is 2. The lowest BCUT2D eigenvalue weighted by Gasteiger charge is -2.05. The topological polar surface area (TPSA) is 52.3 Å². The van der Waals surface area contributed by atoms with E-state index in [9.17, 15) is 9.18 Å². The number of nitrogens with two attached hydrogens (primary N) is 1. The summed E-state index contributed by atoms with van der Waals surface area (Å²) in [5, 5.41) is -0.0225. The van der Waals surface area contributed by atoms with E-state index in [1.807, 2.05) is 0 Å². The molecule has 0 saturated heterocycles. The lowest BCUT2D eigenvalue weighted by molar-refractivity contribution is 0.210. The van der Waals surface area contributed by atoms with E-state index in [2.05, 4.69) is 20.7 Å². The molecule has 0 aliphatic heterocycles. The molecule has 0 bridgehead atoms. The molecule has 0 aromatic heterocycles. The number of amides is 1. The van der Waals surface area contributed by atoms with Crippen LogP contribution in [0.25, 0.3) is 0 Å². The molecule has 0 saturated carbocycles. The van der Waals surface area contributed by atoms with Crippen molar-refractivity contribution in [3.05, 3.63) is 27.4 Å². The molecular weight excluding hydrogens is 264 g/mol. The van der Waals surface area contributed by atoms with Crippen LogP contribution in [0, 0.1) is 5.82 Å². The molecule has 1 aromatic carbocycles. The van der Waals surface area contributed by atoms with Gasteiger partial charge in [-0.15, -0.1) is 0 Å². The van der Waals surface area contributed by atoms with Crippen LogP contribution in [-0.4, -0.2) is 6.09 Å². The Morgan fingerprint density at radius 2 is 2.23 bits per heavy atom. The zero-order valence-corrected chi connectivity index (χ0v) is 8.52. The van der Waals surface area contributed by atoms with Gasteiger partial charge in [-0.05, 0) is 28.1 Å². The van der Waals surface area contributed by atoms with Gasteiger partial charge in [0, 0.05) is 0 Å². The van der Waals surface area contributed by atoms with Crippen molar-refractivity contribution in [1.29, 1.82) is 0 Å². The Labute approximate surface area is 86.7 Å². The fourth-order valence-electron chi connectivity index (χ4n) is 0.727. The van der Waals surface area contributed by atoms with Crippen molar-refractivity contribution >= 4 is 33.6 Å². The smallest absolute Gasteiger partial charge is 0.408 e. The molecule has 0 heterocycles. The fourth-order valence-corrected chi connectivity index (χ4v) is 1.60. The summed E-state index contributed by atoms with van der Waals surface area (Å²) in [7, 11) is 0. The van der Waals surface area contributed by atoms with E-state index in [1.54, 1.807) is 0 Å². The molecule has 0 atom stereocenters. The fraction of sp³-hybridized carbons (Fsp3) is 0. The monoisotopic (exact) mass is 267 g/mol. The molecule has 0 fully saturated rings. The van der Waals surface area contributed by atoms with E-state index in [4.69, 9.17) is 17.3 Å². The van der Waals surface area contributed by atoms with Gasteiger partial charge in [-0.25, -0.2) is 9.18 Å². The summed E-state index contributed by atoms with van der Waals surface area (Å²) in [6.07, 6.45) is -1.01. The Morgan fingerprint density at radius 3 is 2.69 bits per heavy atom. The van der Waals surface area contributed by atoms with Crippen molar-refractivity contribution in [2.24, 2.45) is 5.73 Å². The average Bonchev–Trinajstić information content (AvgIpc) is 1.96. The lowest BCUT2D eigenvalue weighted by atomic mass is 10.3. The molecule has 6 heteroatoms. The highest BCUT2D eigenvalue weighted by atomic mass is 79.9. The van der Waals surface area contributed by atoms with Crippen molar-refractivity contribution in [3.8, 4) is 5.75 Å². The number of carbonyl (C=O) groups excluding carboxylic acids is 1. The van der Waals surface area contributed by atoms with Crippen molar-refractivity contribution in [2.45, 2.75) is 0 Å². The summed E-state index contributed by atoms with van der Waals surface area (Å²) in [6, 6.07) is 2.13. The molecule has 0 aliphatic carbocycles. The molecule has 1 amide bonds. The Bertz CT molecular complexity index is 335. The SMILES string of the molecule is NC(=O)Oc1c(Cl)cc(F)cc1Br. The van der Waals surface area contributed by atoms with E-state index in [1.165, 1.54) is 0 Å². The maximum absolute atomic E-state index is 12.7. The Balaban J connectivity index is 3.13. The third-order valence-electron chi connectivity index (χ3n) is 1.17. The van der Waals surface area contributed by atoms with Crippen LogP contribution in [0.2, 0.25) is 5.02 Å². The second-order valence-electron chi connectivity index (χ2n) is 2.12. The molecule has 0 aliphatic rings. The van der Waals surface area contributed by atoms with Crippen LogP contribution in [0.15, 0.2) is 16.6 Å². The van der Waals surface area contributed by atoms with Crippen LogP contribution in [0.4, 0.5) is 9.18 Å². The summed E-state index contributed by atoms with van der Waals surface area (Å²) >= 11 is 8.55. The minimum Gasteiger partial charge on any atom is -0.408 e. The number of benzene rings is 1. The van der Waals surface area contributed by atoms with Gasteiger partial charge in [-0.1, -0.05) is 11.6 Å². The molecule has 13 heavy (non-hydrogen) atoms. The van der Waals surface area contributed by atoms with Gasteiger partial charge in [0.15, 0.2) is 5.75 Å². The molecule has 0 radical (unpaired) electrons. The summed E-state index contributed by atoms with van der Waals surface area (Å²) in [6.45, 7) is 0. The first-order valence-corrected chi connectivity index (χ1v) is 4.29. The Morgan fingerprint density at radius 1 is 1.62 bits per heavy atom. The summed E-state index contributed by atoms with van der Waals surface area (Å²) in [5.74, 6) is -0.524. The predicted octanol–water partition coefficient (Wildman–Crippen LogP) is 2.70. The maximum atomic E-state index is 12.7.